The van der Waals surface area contributed by atoms with Crippen molar-refractivity contribution in [3.8, 4) is 5.75 Å². The highest BCUT2D eigenvalue weighted by Crippen LogP contribution is 2.78. The van der Waals surface area contributed by atoms with Gasteiger partial charge in [0, 0.05) is 46.6 Å². The minimum absolute atomic E-state index is 0.0521. The first kappa shape index (κ1) is 34.4. The van der Waals surface area contributed by atoms with Crippen molar-refractivity contribution in [1.82, 2.24) is 4.90 Å². The van der Waals surface area contributed by atoms with E-state index in [9.17, 15) is 19.8 Å². The zero-order chi connectivity index (χ0) is 34.9. The average molecular weight is 687 g/mol. The number of amides is 2. The van der Waals surface area contributed by atoms with E-state index in [1.54, 1.807) is 12.0 Å². The van der Waals surface area contributed by atoms with Gasteiger partial charge >= 0.3 is 6.03 Å². The number of carbonyl (C=O) groups is 2. The second-order valence-corrected chi connectivity index (χ2v) is 17.7. The monoisotopic (exact) mass is 686 g/mol. The van der Waals surface area contributed by atoms with Gasteiger partial charge in [0.1, 0.15) is 5.75 Å². The van der Waals surface area contributed by atoms with Crippen LogP contribution in [0.15, 0.2) is 48.1 Å². The molecule has 50 heavy (non-hydrogen) atoms. The molecule has 4 saturated carbocycles. The van der Waals surface area contributed by atoms with Gasteiger partial charge in [-0.3, -0.25) is 4.79 Å². The standard InChI is InChI=1S/C42H58N2O6/c1-38-18-15-30(45)24-40(38)21-22-42(33(25-40)36(46)28-8-5-4-6-9-28)34(38)16-19-39(2)35(42)17-20-41(39,48)27-44(26-32-10-7-23-50-32)37(47)43-29-11-13-31(49-3)14-12-29/h11-14,21-22,25,28,30,32,34-35,45,48H,4-10,15-20,23-24,26-27H2,1-3H3,(H,43,47). The van der Waals surface area contributed by atoms with E-state index in [0.717, 1.165) is 82.0 Å². The fourth-order valence-corrected chi connectivity index (χ4v) is 12.7. The summed E-state index contributed by atoms with van der Waals surface area (Å²) < 4.78 is 11.3. The van der Waals surface area contributed by atoms with Crippen molar-refractivity contribution < 1.29 is 29.3 Å². The van der Waals surface area contributed by atoms with Gasteiger partial charge in [-0.05, 0) is 112 Å². The van der Waals surface area contributed by atoms with Crippen molar-refractivity contribution in [3.63, 3.8) is 0 Å². The fourth-order valence-electron chi connectivity index (χ4n) is 12.7. The third kappa shape index (κ3) is 5.08. The van der Waals surface area contributed by atoms with Crippen LogP contribution in [0.2, 0.25) is 0 Å². The first-order valence-electron chi connectivity index (χ1n) is 19.7. The largest absolute Gasteiger partial charge is 0.497 e. The third-order valence-corrected chi connectivity index (χ3v) is 15.5. The van der Waals surface area contributed by atoms with Crippen molar-refractivity contribution >= 4 is 17.5 Å². The SMILES string of the molecule is COc1ccc(NC(=O)N(CC2CCCO2)CC2(O)CCC3C45C=CC6(C=C4C(=O)C4CCCCC4)CC(O)CCC6(C)C5CCC32C)cc1. The van der Waals surface area contributed by atoms with Gasteiger partial charge in [0.2, 0.25) is 0 Å². The van der Waals surface area contributed by atoms with Crippen LogP contribution in [0.3, 0.4) is 0 Å². The Kier molecular flexibility index (Phi) is 8.59. The summed E-state index contributed by atoms with van der Waals surface area (Å²) in [4.78, 5) is 30.7. The molecule has 8 heteroatoms. The maximum atomic E-state index is 14.9. The van der Waals surface area contributed by atoms with Gasteiger partial charge in [0.05, 0.1) is 31.5 Å². The Hall–Kier alpha value is -2.68. The number of aliphatic hydroxyl groups is 2. The molecular formula is C42H58N2O6. The molecule has 2 amide bonds. The van der Waals surface area contributed by atoms with Gasteiger partial charge < -0.3 is 29.9 Å². The number of urea groups is 1. The van der Waals surface area contributed by atoms with E-state index < -0.39 is 16.4 Å². The number of nitrogens with zero attached hydrogens (tertiary/aromatic N) is 1. The minimum Gasteiger partial charge on any atom is -0.497 e. The molecular weight excluding hydrogens is 628 g/mol. The molecule has 1 aromatic rings. The van der Waals surface area contributed by atoms with Gasteiger partial charge in [-0.2, -0.15) is 0 Å². The summed E-state index contributed by atoms with van der Waals surface area (Å²) >= 11 is 0. The maximum Gasteiger partial charge on any atom is 0.322 e. The highest BCUT2D eigenvalue weighted by atomic mass is 16.5. The topological polar surface area (TPSA) is 108 Å². The maximum absolute atomic E-state index is 14.9. The second-order valence-electron chi connectivity index (χ2n) is 17.7. The Balaban J connectivity index is 1.14. The number of methoxy groups -OCH3 is 1. The van der Waals surface area contributed by atoms with Crippen LogP contribution in [-0.2, 0) is 9.53 Å². The number of benzene rings is 1. The summed E-state index contributed by atoms with van der Waals surface area (Å²) in [6.07, 6.45) is 19.5. The summed E-state index contributed by atoms with van der Waals surface area (Å²) in [5, 5.41) is 27.2. The molecule has 272 valence electrons. The number of Topliss-reactive ketones (excluding diaryl/α,β-unsaturated/α-hetero) is 1. The van der Waals surface area contributed by atoms with E-state index in [1.165, 1.54) is 6.42 Å². The molecule has 3 N–H and O–H groups in total. The molecule has 0 radical (unpaired) electrons. The van der Waals surface area contributed by atoms with Crippen molar-refractivity contribution in [3.05, 3.63) is 48.1 Å². The molecule has 1 aliphatic heterocycles. The average Bonchev–Trinajstić information content (AvgIpc) is 3.73. The number of nitrogens with one attached hydrogen (secondary N) is 1. The quantitative estimate of drug-likeness (QED) is 0.245. The summed E-state index contributed by atoms with van der Waals surface area (Å²) in [5.41, 5.74) is -0.769. The molecule has 8 aliphatic rings. The molecule has 0 aromatic heterocycles. The number of hydrogen-bond donors (Lipinski definition) is 3. The molecule has 9 rings (SSSR count). The number of ether oxygens (including phenoxy) is 2. The number of anilines is 1. The highest BCUT2D eigenvalue weighted by molar-refractivity contribution is 6.00. The molecule has 7 aliphatic carbocycles. The van der Waals surface area contributed by atoms with Crippen LogP contribution in [0.25, 0.3) is 0 Å². The lowest BCUT2D eigenvalue weighted by atomic mass is 9.32. The Labute approximate surface area is 298 Å². The zero-order valence-corrected chi connectivity index (χ0v) is 30.4. The van der Waals surface area contributed by atoms with E-state index in [-0.39, 0.29) is 53.4 Å². The van der Waals surface area contributed by atoms with Crippen LogP contribution in [-0.4, -0.2) is 71.5 Å². The zero-order valence-electron chi connectivity index (χ0n) is 30.4. The van der Waals surface area contributed by atoms with E-state index in [0.29, 0.717) is 37.5 Å². The van der Waals surface area contributed by atoms with Crippen LogP contribution >= 0.6 is 0 Å². The van der Waals surface area contributed by atoms with Gasteiger partial charge in [-0.15, -0.1) is 0 Å². The third-order valence-electron chi connectivity index (χ3n) is 15.5. The summed E-state index contributed by atoms with van der Waals surface area (Å²) in [6, 6.07) is 7.10. The van der Waals surface area contributed by atoms with Crippen LogP contribution < -0.4 is 10.1 Å². The first-order chi connectivity index (χ1) is 24.0. The smallest absolute Gasteiger partial charge is 0.322 e. The van der Waals surface area contributed by atoms with Gasteiger partial charge in [0.25, 0.3) is 0 Å². The number of aliphatic hydroxyl groups excluding tert-OH is 1. The summed E-state index contributed by atoms with van der Waals surface area (Å²) in [7, 11) is 1.62. The Morgan fingerprint density at radius 1 is 0.920 bits per heavy atom. The van der Waals surface area contributed by atoms with Crippen LogP contribution in [0.4, 0.5) is 10.5 Å². The van der Waals surface area contributed by atoms with Crippen molar-refractivity contribution in [2.75, 3.05) is 32.1 Å². The predicted octanol–water partition coefficient (Wildman–Crippen LogP) is 7.45. The highest BCUT2D eigenvalue weighted by Gasteiger charge is 2.74. The molecule has 9 unspecified atom stereocenters. The number of allylic oxidation sites excluding steroid dienone is 4. The second kappa shape index (κ2) is 12.5. The van der Waals surface area contributed by atoms with Gasteiger partial charge in [0.15, 0.2) is 5.78 Å². The Morgan fingerprint density at radius 3 is 2.36 bits per heavy atom. The lowest BCUT2D eigenvalue weighted by Gasteiger charge is -2.71. The summed E-state index contributed by atoms with van der Waals surface area (Å²) in [5.74, 6) is 1.47. The molecule has 1 saturated heterocycles. The molecule has 2 bridgehead atoms. The van der Waals surface area contributed by atoms with Crippen molar-refractivity contribution in [2.24, 2.45) is 39.4 Å². The lowest BCUT2D eigenvalue weighted by Crippen LogP contribution is -2.67. The van der Waals surface area contributed by atoms with Crippen molar-refractivity contribution in [1.29, 1.82) is 0 Å². The van der Waals surface area contributed by atoms with E-state index in [2.05, 4.69) is 37.4 Å². The van der Waals surface area contributed by atoms with Gasteiger partial charge in [-0.1, -0.05) is 51.3 Å². The Bertz CT molecular complexity index is 1550. The molecule has 9 atom stereocenters. The van der Waals surface area contributed by atoms with E-state index in [4.69, 9.17) is 9.47 Å². The molecule has 1 heterocycles. The molecule has 8 nitrogen and oxygen atoms in total. The van der Waals surface area contributed by atoms with Gasteiger partial charge in [-0.25, -0.2) is 4.79 Å². The molecule has 5 fully saturated rings. The number of ketones is 1. The predicted molar refractivity (Wildman–Crippen MR) is 193 cm³/mol. The lowest BCUT2D eigenvalue weighted by molar-refractivity contribution is -0.178. The number of hydrogen-bond acceptors (Lipinski definition) is 6. The number of carbonyl (C=O) groups excluding carboxylic acids is 2. The number of fused-ring (bicyclic) bond motifs is 1. The van der Waals surface area contributed by atoms with Crippen LogP contribution in [0.1, 0.15) is 104 Å². The van der Waals surface area contributed by atoms with E-state index >= 15 is 0 Å². The van der Waals surface area contributed by atoms with Crippen molar-refractivity contribution in [2.45, 2.75) is 122 Å². The fraction of sp³-hybridized carbons (Fsp3) is 0.714. The normalized spacial score (nSPS) is 41.9. The van der Waals surface area contributed by atoms with E-state index in [1.807, 2.05) is 24.3 Å². The molecule has 2 spiro atoms. The van der Waals surface area contributed by atoms with Crippen LogP contribution in [0.5, 0.6) is 5.75 Å². The molecule has 1 aromatic carbocycles. The first-order valence-corrected chi connectivity index (χ1v) is 19.7. The minimum atomic E-state index is -1.13. The summed E-state index contributed by atoms with van der Waals surface area (Å²) in [6.45, 7) is 6.04. The Morgan fingerprint density at radius 2 is 1.64 bits per heavy atom. The van der Waals surface area contributed by atoms with Crippen LogP contribution in [0, 0.1) is 39.4 Å². The number of rotatable bonds is 8.